The Morgan fingerprint density at radius 2 is 1.68 bits per heavy atom. The van der Waals surface area contributed by atoms with Gasteiger partial charge in [-0.05, 0) is 48.5 Å². The van der Waals surface area contributed by atoms with Gasteiger partial charge in [-0.15, -0.1) is 5.10 Å². The van der Waals surface area contributed by atoms with Crippen LogP contribution in [0.3, 0.4) is 0 Å². The molecule has 170 valence electrons. The SMILES string of the molecule is O=C(Nc1nnc(-c2ccc([N+](=O)[O-])cc2)o1)c1cccc(NC(=O)c2ccc(Cl)cc2Cl)c1. The van der Waals surface area contributed by atoms with E-state index in [1.165, 1.54) is 48.5 Å². The van der Waals surface area contributed by atoms with Crippen molar-refractivity contribution in [2.45, 2.75) is 0 Å². The van der Waals surface area contributed by atoms with E-state index in [1.54, 1.807) is 18.2 Å². The van der Waals surface area contributed by atoms with Gasteiger partial charge in [0, 0.05) is 34.0 Å². The second-order valence-corrected chi connectivity index (χ2v) is 7.67. The van der Waals surface area contributed by atoms with Crippen molar-refractivity contribution in [1.82, 2.24) is 10.2 Å². The lowest BCUT2D eigenvalue weighted by Gasteiger charge is -2.08. The van der Waals surface area contributed by atoms with E-state index in [2.05, 4.69) is 20.8 Å². The molecule has 0 saturated heterocycles. The van der Waals surface area contributed by atoms with Gasteiger partial charge in [0.05, 0.1) is 15.5 Å². The van der Waals surface area contributed by atoms with Crippen molar-refractivity contribution in [2.24, 2.45) is 0 Å². The monoisotopic (exact) mass is 497 g/mol. The van der Waals surface area contributed by atoms with Crippen LogP contribution in [-0.2, 0) is 0 Å². The van der Waals surface area contributed by atoms with Crippen LogP contribution in [-0.4, -0.2) is 26.9 Å². The molecule has 12 heteroatoms. The molecule has 0 spiro atoms. The molecule has 0 aliphatic carbocycles. The van der Waals surface area contributed by atoms with Crippen molar-refractivity contribution in [3.05, 3.63) is 98.0 Å². The summed E-state index contributed by atoms with van der Waals surface area (Å²) in [6, 6.07) is 16.0. The van der Waals surface area contributed by atoms with Gasteiger partial charge < -0.3 is 9.73 Å². The molecule has 34 heavy (non-hydrogen) atoms. The van der Waals surface area contributed by atoms with Crippen molar-refractivity contribution in [1.29, 1.82) is 0 Å². The van der Waals surface area contributed by atoms with Crippen LogP contribution in [0.1, 0.15) is 20.7 Å². The number of aromatic nitrogens is 2. The van der Waals surface area contributed by atoms with Gasteiger partial charge in [-0.25, -0.2) is 0 Å². The van der Waals surface area contributed by atoms with Gasteiger partial charge >= 0.3 is 6.01 Å². The fourth-order valence-corrected chi connectivity index (χ4v) is 3.39. The van der Waals surface area contributed by atoms with Crippen LogP contribution in [0, 0.1) is 10.1 Å². The molecule has 1 heterocycles. The van der Waals surface area contributed by atoms with E-state index in [4.69, 9.17) is 27.6 Å². The molecule has 0 aliphatic rings. The standard InChI is InChI=1S/C22H13Cl2N5O5/c23-14-6-9-17(18(24)11-14)20(31)25-15-3-1-2-13(10-15)19(30)26-22-28-27-21(34-22)12-4-7-16(8-5-12)29(32)33/h1-11H,(H,25,31)(H,26,28,30). The lowest BCUT2D eigenvalue weighted by Crippen LogP contribution is -2.15. The maximum Gasteiger partial charge on any atom is 0.322 e. The fraction of sp³-hybridized carbons (Fsp3) is 0. The summed E-state index contributed by atoms with van der Waals surface area (Å²) in [5, 5.41) is 24.1. The summed E-state index contributed by atoms with van der Waals surface area (Å²) in [7, 11) is 0. The molecule has 4 aromatic rings. The number of halogens is 2. The van der Waals surface area contributed by atoms with E-state index < -0.39 is 16.7 Å². The van der Waals surface area contributed by atoms with Crippen LogP contribution in [0.5, 0.6) is 0 Å². The molecule has 2 N–H and O–H groups in total. The zero-order valence-electron chi connectivity index (χ0n) is 17.0. The van der Waals surface area contributed by atoms with Gasteiger partial charge in [-0.2, -0.15) is 0 Å². The Hall–Kier alpha value is -4.28. The highest BCUT2D eigenvalue weighted by molar-refractivity contribution is 6.37. The minimum atomic E-state index is -0.556. The third-order valence-electron chi connectivity index (χ3n) is 4.53. The maximum absolute atomic E-state index is 12.6. The molecule has 0 saturated carbocycles. The third kappa shape index (κ3) is 5.20. The Labute approximate surface area is 201 Å². The summed E-state index contributed by atoms with van der Waals surface area (Å²) in [5.41, 5.74) is 1.17. The molecule has 0 aliphatic heterocycles. The second-order valence-electron chi connectivity index (χ2n) is 6.83. The van der Waals surface area contributed by atoms with E-state index in [-0.39, 0.29) is 33.7 Å². The molecule has 3 aromatic carbocycles. The Balaban J connectivity index is 1.44. The minimum absolute atomic E-state index is 0.0751. The Morgan fingerprint density at radius 1 is 0.912 bits per heavy atom. The maximum atomic E-state index is 12.6. The highest BCUT2D eigenvalue weighted by Crippen LogP contribution is 2.24. The first-order valence-electron chi connectivity index (χ1n) is 9.56. The second kappa shape index (κ2) is 9.69. The first-order chi connectivity index (χ1) is 16.3. The Kier molecular flexibility index (Phi) is 6.53. The van der Waals surface area contributed by atoms with Crippen molar-refractivity contribution >= 4 is 52.4 Å². The van der Waals surface area contributed by atoms with Gasteiger partial charge in [0.1, 0.15) is 0 Å². The smallest absolute Gasteiger partial charge is 0.322 e. The lowest BCUT2D eigenvalue weighted by atomic mass is 10.1. The van der Waals surface area contributed by atoms with E-state index in [0.29, 0.717) is 16.3 Å². The summed E-state index contributed by atoms with van der Waals surface area (Å²) in [4.78, 5) is 35.4. The average molecular weight is 498 g/mol. The summed E-state index contributed by atoms with van der Waals surface area (Å²) >= 11 is 11.9. The summed E-state index contributed by atoms with van der Waals surface area (Å²) in [5.74, 6) is -0.950. The van der Waals surface area contributed by atoms with Crippen molar-refractivity contribution in [3.63, 3.8) is 0 Å². The number of carbonyl (C=O) groups excluding carboxylic acids is 2. The molecular formula is C22H13Cl2N5O5. The predicted molar refractivity (Wildman–Crippen MR) is 125 cm³/mol. The Morgan fingerprint density at radius 3 is 2.38 bits per heavy atom. The van der Waals surface area contributed by atoms with Gasteiger partial charge in [0.25, 0.3) is 17.5 Å². The number of nitrogens with zero attached hydrogens (tertiary/aromatic N) is 3. The largest absolute Gasteiger partial charge is 0.403 e. The van der Waals surface area contributed by atoms with E-state index in [9.17, 15) is 19.7 Å². The topological polar surface area (TPSA) is 140 Å². The average Bonchev–Trinajstić information content (AvgIpc) is 3.27. The number of carbonyl (C=O) groups is 2. The first-order valence-corrected chi connectivity index (χ1v) is 10.3. The molecule has 0 bridgehead atoms. The molecule has 2 amide bonds. The fourth-order valence-electron chi connectivity index (χ4n) is 2.90. The normalized spacial score (nSPS) is 10.5. The van der Waals surface area contributed by atoms with E-state index in [1.807, 2.05) is 0 Å². The number of hydrogen-bond donors (Lipinski definition) is 2. The number of benzene rings is 3. The van der Waals surface area contributed by atoms with Crippen molar-refractivity contribution < 1.29 is 18.9 Å². The summed E-state index contributed by atoms with van der Waals surface area (Å²) in [6.07, 6.45) is 0. The zero-order valence-corrected chi connectivity index (χ0v) is 18.5. The van der Waals surface area contributed by atoms with E-state index in [0.717, 1.165) is 0 Å². The van der Waals surface area contributed by atoms with Gasteiger partial charge in [0.2, 0.25) is 5.89 Å². The first kappa shape index (κ1) is 22.9. The van der Waals surface area contributed by atoms with Gasteiger partial charge in [-0.3, -0.25) is 25.0 Å². The molecular weight excluding hydrogens is 485 g/mol. The number of nitro groups is 1. The lowest BCUT2D eigenvalue weighted by molar-refractivity contribution is -0.384. The highest BCUT2D eigenvalue weighted by Gasteiger charge is 2.16. The number of non-ortho nitro benzene ring substituents is 1. The number of nitro benzene ring substituents is 1. The number of anilines is 2. The number of nitrogens with one attached hydrogen (secondary N) is 2. The number of rotatable bonds is 6. The van der Waals surface area contributed by atoms with Crippen LogP contribution in [0.2, 0.25) is 10.0 Å². The zero-order chi connectivity index (χ0) is 24.2. The van der Waals surface area contributed by atoms with Gasteiger partial charge in [-0.1, -0.05) is 34.4 Å². The van der Waals surface area contributed by atoms with Crippen molar-refractivity contribution in [2.75, 3.05) is 10.6 Å². The Bertz CT molecular complexity index is 1410. The van der Waals surface area contributed by atoms with E-state index >= 15 is 0 Å². The summed E-state index contributed by atoms with van der Waals surface area (Å²) < 4.78 is 5.42. The third-order valence-corrected chi connectivity index (χ3v) is 5.08. The van der Waals surface area contributed by atoms with Crippen LogP contribution in [0.15, 0.2) is 71.1 Å². The summed E-state index contributed by atoms with van der Waals surface area (Å²) in [6.45, 7) is 0. The molecule has 10 nitrogen and oxygen atoms in total. The van der Waals surface area contributed by atoms with Gasteiger partial charge in [0.15, 0.2) is 0 Å². The molecule has 0 fully saturated rings. The predicted octanol–water partition coefficient (Wildman–Crippen LogP) is 5.46. The van der Waals surface area contributed by atoms with Crippen LogP contribution in [0.4, 0.5) is 17.4 Å². The minimum Gasteiger partial charge on any atom is -0.403 e. The number of hydrogen-bond acceptors (Lipinski definition) is 7. The quantitative estimate of drug-likeness (QED) is 0.266. The van der Waals surface area contributed by atoms with Crippen LogP contribution in [0.25, 0.3) is 11.5 Å². The van der Waals surface area contributed by atoms with Crippen LogP contribution < -0.4 is 10.6 Å². The van der Waals surface area contributed by atoms with Crippen LogP contribution >= 0.6 is 23.2 Å². The molecule has 0 atom stereocenters. The molecule has 4 rings (SSSR count). The number of amides is 2. The highest BCUT2D eigenvalue weighted by atomic mass is 35.5. The molecule has 0 unspecified atom stereocenters. The van der Waals surface area contributed by atoms with Crippen molar-refractivity contribution in [3.8, 4) is 11.5 Å². The molecule has 1 aromatic heterocycles. The molecule has 0 radical (unpaired) electrons.